The number of carbonyl (C=O) groups excluding carboxylic acids is 1. The van der Waals surface area contributed by atoms with Crippen LogP contribution in [0.5, 0.6) is 11.5 Å². The highest BCUT2D eigenvalue weighted by Gasteiger charge is 2.42. The maximum atomic E-state index is 12.5. The molecule has 2 aromatic rings. The zero-order valence-electron chi connectivity index (χ0n) is 20.5. The molecule has 1 N–H and O–H groups in total. The molecule has 1 aromatic carbocycles. The van der Waals surface area contributed by atoms with Crippen LogP contribution in [0.15, 0.2) is 24.3 Å². The lowest BCUT2D eigenvalue weighted by molar-refractivity contribution is -0.0766. The second-order valence-electron chi connectivity index (χ2n) is 10.3. The zero-order valence-corrected chi connectivity index (χ0v) is 20.5. The van der Waals surface area contributed by atoms with Crippen LogP contribution in [0.3, 0.4) is 0 Å². The Labute approximate surface area is 201 Å². The van der Waals surface area contributed by atoms with Crippen LogP contribution < -0.4 is 14.8 Å². The summed E-state index contributed by atoms with van der Waals surface area (Å²) in [5.74, 6) is 2.19. The Morgan fingerprint density at radius 3 is 2.76 bits per heavy atom. The normalized spacial score (nSPS) is 22.3. The van der Waals surface area contributed by atoms with Gasteiger partial charge >= 0.3 is 0 Å². The summed E-state index contributed by atoms with van der Waals surface area (Å²) in [7, 11) is 1.80. The highest BCUT2D eigenvalue weighted by molar-refractivity contribution is 5.92. The van der Waals surface area contributed by atoms with E-state index in [9.17, 15) is 4.79 Å². The van der Waals surface area contributed by atoms with Crippen molar-refractivity contribution in [3.05, 3.63) is 41.2 Å². The summed E-state index contributed by atoms with van der Waals surface area (Å²) < 4.78 is 19.1. The molecule has 0 radical (unpaired) electrons. The number of aryl methyl sites for hydroxylation is 2. The number of nitrogens with zero attached hydrogens (tertiary/aromatic N) is 3. The van der Waals surface area contributed by atoms with Crippen molar-refractivity contribution in [3.8, 4) is 11.5 Å². The number of amides is 1. The first-order valence-corrected chi connectivity index (χ1v) is 12.5. The molecule has 2 fully saturated rings. The molecular formula is C26H36N4O4. The van der Waals surface area contributed by atoms with Gasteiger partial charge in [0, 0.05) is 33.2 Å². The fourth-order valence-electron chi connectivity index (χ4n) is 5.65. The van der Waals surface area contributed by atoms with Crippen LogP contribution in [0.1, 0.15) is 54.4 Å². The number of benzene rings is 1. The highest BCUT2D eigenvalue weighted by Crippen LogP contribution is 2.39. The predicted molar refractivity (Wildman–Crippen MR) is 128 cm³/mol. The quantitative estimate of drug-likeness (QED) is 0.673. The molecule has 8 nitrogen and oxygen atoms in total. The number of nitrogens with one attached hydrogen (secondary N) is 1. The van der Waals surface area contributed by atoms with Crippen LogP contribution >= 0.6 is 0 Å². The first-order valence-electron chi connectivity index (χ1n) is 12.5. The van der Waals surface area contributed by atoms with Gasteiger partial charge in [-0.2, -0.15) is 5.10 Å². The van der Waals surface area contributed by atoms with E-state index in [0.29, 0.717) is 24.9 Å². The maximum absolute atomic E-state index is 12.5. The number of hydrogen-bond donors (Lipinski definition) is 1. The minimum Gasteiger partial charge on any atom is -0.454 e. The molecular weight excluding hydrogens is 432 g/mol. The molecule has 8 heteroatoms. The number of fused-ring (bicyclic) bond motifs is 1. The first-order chi connectivity index (χ1) is 16.4. The lowest BCUT2D eigenvalue weighted by Gasteiger charge is -2.40. The summed E-state index contributed by atoms with van der Waals surface area (Å²) >= 11 is 0. The van der Waals surface area contributed by atoms with Gasteiger partial charge < -0.3 is 24.4 Å². The van der Waals surface area contributed by atoms with Crippen molar-refractivity contribution in [2.45, 2.75) is 57.7 Å². The van der Waals surface area contributed by atoms with E-state index in [1.165, 1.54) is 5.56 Å². The Bertz CT molecular complexity index is 1030. The monoisotopic (exact) mass is 468 g/mol. The molecule has 3 aliphatic rings. The second-order valence-corrected chi connectivity index (χ2v) is 10.3. The van der Waals surface area contributed by atoms with Crippen LogP contribution in [0, 0.1) is 12.8 Å². The number of rotatable bonds is 7. The molecule has 34 heavy (non-hydrogen) atoms. The Morgan fingerprint density at radius 2 is 2.00 bits per heavy atom. The van der Waals surface area contributed by atoms with Crippen LogP contribution in [-0.4, -0.2) is 65.3 Å². The van der Waals surface area contributed by atoms with Crippen molar-refractivity contribution in [2.75, 3.05) is 33.0 Å². The number of hydrogen-bond acceptors (Lipinski definition) is 6. The fraction of sp³-hybridized carbons (Fsp3) is 0.615. The van der Waals surface area contributed by atoms with Crippen LogP contribution in [0.25, 0.3) is 0 Å². The summed E-state index contributed by atoms with van der Waals surface area (Å²) in [6.45, 7) is 8.32. The minimum absolute atomic E-state index is 0.0183. The molecule has 0 aliphatic carbocycles. The van der Waals surface area contributed by atoms with Gasteiger partial charge in [-0.25, -0.2) is 0 Å². The van der Waals surface area contributed by atoms with Crippen molar-refractivity contribution in [2.24, 2.45) is 13.0 Å². The van der Waals surface area contributed by atoms with E-state index in [1.807, 2.05) is 19.1 Å². The van der Waals surface area contributed by atoms with Gasteiger partial charge in [0.25, 0.3) is 5.91 Å². The lowest BCUT2D eigenvalue weighted by Crippen LogP contribution is -2.46. The SMILES string of the molecule is Cc1cc(C(=O)NC[C@@H]2CCC3(CCN(C[C@H](C)Cc4ccc5c(c4)OCO5)CC3)O2)n(C)n1. The van der Waals surface area contributed by atoms with E-state index in [1.54, 1.807) is 11.7 Å². The zero-order chi connectivity index (χ0) is 23.7. The van der Waals surface area contributed by atoms with E-state index in [-0.39, 0.29) is 17.6 Å². The summed E-state index contributed by atoms with van der Waals surface area (Å²) in [6, 6.07) is 8.10. The summed E-state index contributed by atoms with van der Waals surface area (Å²) in [6.07, 6.45) is 5.34. The number of likely N-dealkylation sites (tertiary alicyclic amines) is 1. The van der Waals surface area contributed by atoms with Gasteiger partial charge in [0.15, 0.2) is 11.5 Å². The minimum atomic E-state index is -0.0843. The fourth-order valence-corrected chi connectivity index (χ4v) is 5.65. The van der Waals surface area contributed by atoms with Gasteiger partial charge in [-0.05, 0) is 68.7 Å². The maximum Gasteiger partial charge on any atom is 0.269 e. The summed E-state index contributed by atoms with van der Waals surface area (Å²) in [5.41, 5.74) is 2.72. The molecule has 1 aromatic heterocycles. The number of piperidine rings is 1. The van der Waals surface area contributed by atoms with E-state index in [4.69, 9.17) is 14.2 Å². The summed E-state index contributed by atoms with van der Waals surface area (Å²) in [5, 5.41) is 7.29. The third-order valence-corrected chi connectivity index (χ3v) is 7.42. The molecule has 5 rings (SSSR count). The molecule has 0 saturated carbocycles. The lowest BCUT2D eigenvalue weighted by atomic mass is 9.88. The van der Waals surface area contributed by atoms with Crippen molar-refractivity contribution in [1.29, 1.82) is 0 Å². The van der Waals surface area contributed by atoms with Gasteiger partial charge in [0.2, 0.25) is 6.79 Å². The van der Waals surface area contributed by atoms with Gasteiger partial charge in [0.1, 0.15) is 5.69 Å². The van der Waals surface area contributed by atoms with Gasteiger partial charge in [-0.15, -0.1) is 0 Å². The highest BCUT2D eigenvalue weighted by atomic mass is 16.7. The summed E-state index contributed by atoms with van der Waals surface area (Å²) in [4.78, 5) is 15.1. The van der Waals surface area contributed by atoms with E-state index >= 15 is 0 Å². The van der Waals surface area contributed by atoms with Crippen LogP contribution in [0.4, 0.5) is 0 Å². The largest absolute Gasteiger partial charge is 0.454 e. The average molecular weight is 469 g/mol. The molecule has 0 bridgehead atoms. The van der Waals surface area contributed by atoms with Crippen LogP contribution in [-0.2, 0) is 18.2 Å². The van der Waals surface area contributed by atoms with Crippen molar-refractivity contribution < 1.29 is 19.0 Å². The van der Waals surface area contributed by atoms with E-state index in [2.05, 4.69) is 34.4 Å². The topological polar surface area (TPSA) is 77.9 Å². The molecule has 1 amide bonds. The van der Waals surface area contributed by atoms with Gasteiger partial charge in [0.05, 0.1) is 17.4 Å². The Hall–Kier alpha value is -2.58. The first kappa shape index (κ1) is 23.2. The van der Waals surface area contributed by atoms with Gasteiger partial charge in [-0.3, -0.25) is 9.48 Å². The van der Waals surface area contributed by atoms with Crippen molar-refractivity contribution in [3.63, 3.8) is 0 Å². The smallest absolute Gasteiger partial charge is 0.269 e. The predicted octanol–water partition coefficient (Wildman–Crippen LogP) is 3.08. The second kappa shape index (κ2) is 9.58. The molecule has 3 aliphatic heterocycles. The third-order valence-electron chi connectivity index (χ3n) is 7.42. The van der Waals surface area contributed by atoms with E-state index < -0.39 is 0 Å². The van der Waals surface area contributed by atoms with Gasteiger partial charge in [-0.1, -0.05) is 13.0 Å². The Morgan fingerprint density at radius 1 is 1.21 bits per heavy atom. The van der Waals surface area contributed by atoms with Crippen molar-refractivity contribution >= 4 is 5.91 Å². The van der Waals surface area contributed by atoms with E-state index in [0.717, 1.165) is 68.9 Å². The van der Waals surface area contributed by atoms with Crippen molar-refractivity contribution in [1.82, 2.24) is 20.0 Å². The average Bonchev–Trinajstić information content (AvgIpc) is 3.52. The molecule has 1 spiro atoms. The van der Waals surface area contributed by atoms with Crippen LogP contribution in [0.2, 0.25) is 0 Å². The Kier molecular flexibility index (Phi) is 6.53. The number of aromatic nitrogens is 2. The molecule has 2 atom stereocenters. The molecule has 184 valence electrons. The third kappa shape index (κ3) is 5.08. The molecule has 4 heterocycles. The number of carbonyl (C=O) groups is 1. The molecule has 0 unspecified atom stereocenters. The standard InChI is InChI=1S/C26H36N4O4/c1-18(12-20-4-5-23-24(14-20)33-17-32-23)16-30-10-8-26(9-11-30)7-6-21(34-26)15-27-25(31)22-13-19(2)28-29(22)3/h4-5,13-14,18,21H,6-12,15-17H2,1-3H3,(H,27,31)/t18-,21+/m1/s1. The molecule has 2 saturated heterocycles. The Balaban J connectivity index is 1.05. The number of ether oxygens (including phenoxy) is 3.